The molecule has 1 atom stereocenters. The molecule has 4 heteroatoms. The number of ether oxygens (including phenoxy) is 1. The van der Waals surface area contributed by atoms with Crippen LogP contribution in [0.2, 0.25) is 0 Å². The van der Waals surface area contributed by atoms with Crippen molar-refractivity contribution in [1.82, 2.24) is 9.78 Å². The number of rotatable bonds is 4. The van der Waals surface area contributed by atoms with Crippen molar-refractivity contribution in [2.45, 2.75) is 33.7 Å². The van der Waals surface area contributed by atoms with Gasteiger partial charge in [-0.2, -0.15) is 5.10 Å². The van der Waals surface area contributed by atoms with Gasteiger partial charge in [-0.05, 0) is 51.5 Å². The molecule has 2 aromatic rings. The Bertz CT molecular complexity index is 616. The molecule has 1 N–H and O–H groups in total. The van der Waals surface area contributed by atoms with Gasteiger partial charge in [-0.25, -0.2) is 0 Å². The second-order valence-electron chi connectivity index (χ2n) is 5.26. The van der Waals surface area contributed by atoms with E-state index in [1.165, 1.54) is 11.3 Å². The molecule has 0 saturated carbocycles. The highest BCUT2D eigenvalue weighted by Gasteiger charge is 2.16. The molecule has 0 radical (unpaired) electrons. The Kier molecular flexibility index (Phi) is 4.02. The van der Waals surface area contributed by atoms with Gasteiger partial charge in [0, 0.05) is 24.0 Å². The Morgan fingerprint density at radius 1 is 1.25 bits per heavy atom. The molecule has 0 aliphatic rings. The van der Waals surface area contributed by atoms with E-state index in [1.807, 2.05) is 23.9 Å². The van der Waals surface area contributed by atoms with Crippen LogP contribution in [0.1, 0.15) is 35.5 Å². The lowest BCUT2D eigenvalue weighted by Gasteiger charge is -2.17. The van der Waals surface area contributed by atoms with Crippen LogP contribution < -0.4 is 10.1 Å². The van der Waals surface area contributed by atoms with Gasteiger partial charge in [0.25, 0.3) is 0 Å². The molecule has 0 amide bonds. The number of aryl methyl sites for hydroxylation is 3. The van der Waals surface area contributed by atoms with Gasteiger partial charge in [-0.1, -0.05) is 0 Å². The third-order valence-electron chi connectivity index (χ3n) is 3.78. The van der Waals surface area contributed by atoms with Gasteiger partial charge in [-0.3, -0.25) is 4.68 Å². The van der Waals surface area contributed by atoms with E-state index in [9.17, 15) is 0 Å². The lowest BCUT2D eigenvalue weighted by molar-refractivity contribution is 0.412. The van der Waals surface area contributed by atoms with Crippen molar-refractivity contribution < 1.29 is 4.74 Å². The van der Waals surface area contributed by atoms with Gasteiger partial charge in [0.15, 0.2) is 0 Å². The molecular formula is C16H23N3O. The monoisotopic (exact) mass is 273 g/mol. The summed E-state index contributed by atoms with van der Waals surface area (Å²) in [6.45, 7) is 8.37. The quantitative estimate of drug-likeness (QED) is 0.926. The normalized spacial score (nSPS) is 12.3. The summed E-state index contributed by atoms with van der Waals surface area (Å²) in [5, 5.41) is 8.01. The number of benzene rings is 1. The molecule has 20 heavy (non-hydrogen) atoms. The highest BCUT2D eigenvalue weighted by molar-refractivity contribution is 5.52. The molecule has 0 spiro atoms. The number of anilines is 1. The van der Waals surface area contributed by atoms with E-state index in [-0.39, 0.29) is 6.04 Å². The molecule has 1 aromatic heterocycles. The first-order valence-corrected chi connectivity index (χ1v) is 6.85. The second-order valence-corrected chi connectivity index (χ2v) is 5.26. The Morgan fingerprint density at radius 3 is 2.45 bits per heavy atom. The SMILES string of the molecule is COc1ccc(NC(C)c2c(C)nn(C)c2C)cc1C. The van der Waals surface area contributed by atoms with E-state index in [1.54, 1.807) is 7.11 Å². The maximum atomic E-state index is 5.29. The maximum absolute atomic E-state index is 5.29. The van der Waals surface area contributed by atoms with Gasteiger partial charge < -0.3 is 10.1 Å². The lowest BCUT2D eigenvalue weighted by Crippen LogP contribution is -2.09. The Balaban J connectivity index is 2.23. The Labute approximate surface area is 120 Å². The fourth-order valence-electron chi connectivity index (χ4n) is 2.71. The molecule has 1 aromatic carbocycles. The molecule has 0 saturated heterocycles. The van der Waals surface area contributed by atoms with Gasteiger partial charge in [0.2, 0.25) is 0 Å². The van der Waals surface area contributed by atoms with Crippen molar-refractivity contribution in [1.29, 1.82) is 0 Å². The van der Waals surface area contributed by atoms with E-state index < -0.39 is 0 Å². The first-order valence-electron chi connectivity index (χ1n) is 6.85. The predicted octanol–water partition coefficient (Wildman–Crippen LogP) is 3.53. The molecule has 0 fully saturated rings. The minimum absolute atomic E-state index is 0.219. The molecular weight excluding hydrogens is 250 g/mol. The van der Waals surface area contributed by atoms with Crippen LogP contribution in [0.3, 0.4) is 0 Å². The lowest BCUT2D eigenvalue weighted by atomic mass is 10.1. The van der Waals surface area contributed by atoms with Gasteiger partial charge >= 0.3 is 0 Å². The van der Waals surface area contributed by atoms with Crippen LogP contribution in [-0.2, 0) is 7.05 Å². The standard InChI is InChI=1S/C16H23N3O/c1-10-9-14(7-8-15(10)20-6)17-11(2)16-12(3)18-19(5)13(16)4/h7-9,11,17H,1-6H3. The van der Waals surface area contributed by atoms with Crippen LogP contribution in [-0.4, -0.2) is 16.9 Å². The third-order valence-corrected chi connectivity index (χ3v) is 3.78. The number of aromatic nitrogens is 2. The third kappa shape index (κ3) is 2.64. The number of hydrogen-bond donors (Lipinski definition) is 1. The van der Waals surface area contributed by atoms with Crippen LogP contribution in [0.4, 0.5) is 5.69 Å². The van der Waals surface area contributed by atoms with E-state index in [0.29, 0.717) is 0 Å². The largest absolute Gasteiger partial charge is 0.496 e. The Hall–Kier alpha value is -1.97. The van der Waals surface area contributed by atoms with Crippen molar-refractivity contribution in [2.75, 3.05) is 12.4 Å². The van der Waals surface area contributed by atoms with Crippen LogP contribution in [0.5, 0.6) is 5.75 Å². The van der Waals surface area contributed by atoms with E-state index in [2.05, 4.69) is 44.2 Å². The van der Waals surface area contributed by atoms with Gasteiger partial charge in [-0.15, -0.1) is 0 Å². The number of methoxy groups -OCH3 is 1. The van der Waals surface area contributed by atoms with Crippen LogP contribution >= 0.6 is 0 Å². The summed E-state index contributed by atoms with van der Waals surface area (Å²) in [5.41, 5.74) is 5.77. The fraction of sp³-hybridized carbons (Fsp3) is 0.438. The topological polar surface area (TPSA) is 39.1 Å². The first kappa shape index (κ1) is 14.4. The summed E-state index contributed by atoms with van der Waals surface area (Å²) < 4.78 is 7.22. The molecule has 0 bridgehead atoms. The van der Waals surface area contributed by atoms with Crippen LogP contribution in [0, 0.1) is 20.8 Å². The number of hydrogen-bond acceptors (Lipinski definition) is 3. The van der Waals surface area contributed by atoms with E-state index in [0.717, 1.165) is 22.7 Å². The number of nitrogens with zero attached hydrogens (tertiary/aromatic N) is 2. The molecule has 0 aliphatic carbocycles. The molecule has 0 aliphatic heterocycles. The van der Waals surface area contributed by atoms with Crippen molar-refractivity contribution in [3.05, 3.63) is 40.7 Å². The van der Waals surface area contributed by atoms with Gasteiger partial charge in [0.1, 0.15) is 5.75 Å². The highest BCUT2D eigenvalue weighted by atomic mass is 16.5. The van der Waals surface area contributed by atoms with Crippen LogP contribution in [0.15, 0.2) is 18.2 Å². The predicted molar refractivity (Wildman–Crippen MR) is 82.5 cm³/mol. The van der Waals surface area contributed by atoms with Crippen molar-refractivity contribution in [3.8, 4) is 5.75 Å². The summed E-state index contributed by atoms with van der Waals surface area (Å²) >= 11 is 0. The van der Waals surface area contributed by atoms with Gasteiger partial charge in [0.05, 0.1) is 18.8 Å². The summed E-state index contributed by atoms with van der Waals surface area (Å²) in [5.74, 6) is 0.914. The summed E-state index contributed by atoms with van der Waals surface area (Å²) in [6, 6.07) is 6.36. The Morgan fingerprint density at radius 2 is 1.95 bits per heavy atom. The maximum Gasteiger partial charge on any atom is 0.121 e. The summed E-state index contributed by atoms with van der Waals surface area (Å²) in [7, 11) is 3.68. The zero-order chi connectivity index (χ0) is 14.9. The molecule has 4 nitrogen and oxygen atoms in total. The smallest absolute Gasteiger partial charge is 0.121 e. The van der Waals surface area contributed by atoms with Crippen molar-refractivity contribution in [3.63, 3.8) is 0 Å². The highest BCUT2D eigenvalue weighted by Crippen LogP contribution is 2.27. The number of nitrogens with one attached hydrogen (secondary N) is 1. The zero-order valence-electron chi connectivity index (χ0n) is 13.1. The fourth-order valence-corrected chi connectivity index (χ4v) is 2.71. The van der Waals surface area contributed by atoms with Crippen LogP contribution in [0.25, 0.3) is 0 Å². The minimum atomic E-state index is 0.219. The minimum Gasteiger partial charge on any atom is -0.496 e. The molecule has 2 rings (SSSR count). The molecule has 1 unspecified atom stereocenters. The summed E-state index contributed by atoms with van der Waals surface area (Å²) in [4.78, 5) is 0. The van der Waals surface area contributed by atoms with E-state index in [4.69, 9.17) is 4.74 Å². The zero-order valence-corrected chi connectivity index (χ0v) is 13.1. The average Bonchev–Trinajstić information content (AvgIpc) is 2.63. The van der Waals surface area contributed by atoms with E-state index >= 15 is 0 Å². The average molecular weight is 273 g/mol. The second kappa shape index (κ2) is 5.57. The summed E-state index contributed by atoms with van der Waals surface area (Å²) in [6.07, 6.45) is 0. The van der Waals surface area contributed by atoms with Crippen molar-refractivity contribution >= 4 is 5.69 Å². The van der Waals surface area contributed by atoms with Crippen molar-refractivity contribution in [2.24, 2.45) is 7.05 Å². The first-order chi connectivity index (χ1) is 9.43. The molecule has 1 heterocycles. The molecule has 108 valence electrons.